The minimum atomic E-state index is 0. The number of phenolic OH excluding ortho intramolecular Hbond substituents is 2. The van der Waals surface area contributed by atoms with Crippen LogP contribution in [0.1, 0.15) is 31.7 Å². The maximum atomic E-state index is 9.78. The summed E-state index contributed by atoms with van der Waals surface area (Å²) in [5.41, 5.74) is 5.62. The van der Waals surface area contributed by atoms with E-state index in [1.54, 1.807) is 24.3 Å². The zero-order chi connectivity index (χ0) is 24.4. The SMILES string of the molecule is Cc1c(-c2ccc(O)cc2)nn(-c2ccc(O)cc2)c1-c1ccc(OC(C)C2CCCCN2)cc1.Cl.Cl. The van der Waals surface area contributed by atoms with Gasteiger partial charge in [0, 0.05) is 22.7 Å². The van der Waals surface area contributed by atoms with Crippen molar-refractivity contribution in [2.24, 2.45) is 0 Å². The van der Waals surface area contributed by atoms with E-state index in [1.807, 2.05) is 41.1 Å². The molecular formula is C29H33Cl2N3O3. The first-order valence-corrected chi connectivity index (χ1v) is 12.2. The van der Waals surface area contributed by atoms with Crippen LogP contribution in [0.25, 0.3) is 28.2 Å². The van der Waals surface area contributed by atoms with Crippen LogP contribution in [0, 0.1) is 6.92 Å². The number of aromatic hydroxyl groups is 2. The van der Waals surface area contributed by atoms with E-state index < -0.39 is 0 Å². The maximum absolute atomic E-state index is 9.78. The summed E-state index contributed by atoms with van der Waals surface area (Å²) in [6.07, 6.45) is 3.72. The van der Waals surface area contributed by atoms with Crippen LogP contribution in [0.2, 0.25) is 0 Å². The van der Waals surface area contributed by atoms with E-state index in [1.165, 1.54) is 12.8 Å². The van der Waals surface area contributed by atoms with Gasteiger partial charge in [-0.3, -0.25) is 0 Å². The molecule has 2 heterocycles. The number of hydrogen-bond acceptors (Lipinski definition) is 5. The smallest absolute Gasteiger partial charge is 0.119 e. The second-order valence-corrected chi connectivity index (χ2v) is 9.20. The van der Waals surface area contributed by atoms with Gasteiger partial charge in [0.15, 0.2) is 0 Å². The second kappa shape index (κ2) is 12.4. The lowest BCUT2D eigenvalue weighted by Gasteiger charge is -2.29. The van der Waals surface area contributed by atoms with Gasteiger partial charge in [0.2, 0.25) is 0 Å². The van der Waals surface area contributed by atoms with Crippen molar-refractivity contribution in [1.29, 1.82) is 0 Å². The number of ether oxygens (including phenoxy) is 1. The van der Waals surface area contributed by atoms with Crippen LogP contribution < -0.4 is 10.1 Å². The third kappa shape index (κ3) is 6.21. The second-order valence-electron chi connectivity index (χ2n) is 9.20. The lowest BCUT2D eigenvalue weighted by Crippen LogP contribution is -2.44. The van der Waals surface area contributed by atoms with Gasteiger partial charge in [-0.1, -0.05) is 6.42 Å². The van der Waals surface area contributed by atoms with Gasteiger partial charge in [-0.15, -0.1) is 24.8 Å². The van der Waals surface area contributed by atoms with Gasteiger partial charge in [0.05, 0.1) is 17.1 Å². The van der Waals surface area contributed by atoms with Crippen molar-refractivity contribution in [2.45, 2.75) is 45.3 Å². The summed E-state index contributed by atoms with van der Waals surface area (Å²) >= 11 is 0. The number of piperidine rings is 1. The fourth-order valence-corrected chi connectivity index (χ4v) is 4.78. The molecule has 6 nitrogen and oxygen atoms in total. The first-order chi connectivity index (χ1) is 17.0. The summed E-state index contributed by atoms with van der Waals surface area (Å²) in [5.74, 6) is 1.28. The van der Waals surface area contributed by atoms with E-state index in [2.05, 4.69) is 31.3 Å². The molecule has 1 aromatic heterocycles. The van der Waals surface area contributed by atoms with Crippen molar-refractivity contribution < 1.29 is 14.9 Å². The monoisotopic (exact) mass is 541 g/mol. The molecule has 0 amide bonds. The molecule has 2 unspecified atom stereocenters. The van der Waals surface area contributed by atoms with Crippen molar-refractivity contribution >= 4 is 24.8 Å². The molecule has 5 rings (SSSR count). The van der Waals surface area contributed by atoms with Crippen LogP contribution >= 0.6 is 24.8 Å². The summed E-state index contributed by atoms with van der Waals surface area (Å²) in [6.45, 7) is 5.24. The van der Waals surface area contributed by atoms with E-state index in [9.17, 15) is 10.2 Å². The molecule has 1 aliphatic heterocycles. The molecule has 1 saturated heterocycles. The highest BCUT2D eigenvalue weighted by Crippen LogP contribution is 2.35. The Morgan fingerprint density at radius 1 is 0.865 bits per heavy atom. The number of nitrogens with one attached hydrogen (secondary N) is 1. The number of nitrogens with zero attached hydrogens (tertiary/aromatic N) is 2. The molecule has 8 heteroatoms. The number of hydrogen-bond donors (Lipinski definition) is 3. The molecule has 4 aromatic rings. The molecule has 1 aliphatic rings. The normalized spacial score (nSPS) is 15.8. The van der Waals surface area contributed by atoms with Crippen LogP contribution in [-0.2, 0) is 0 Å². The van der Waals surface area contributed by atoms with E-state index in [0.717, 1.165) is 52.5 Å². The van der Waals surface area contributed by atoms with E-state index >= 15 is 0 Å². The van der Waals surface area contributed by atoms with Crippen LogP contribution in [0.4, 0.5) is 0 Å². The van der Waals surface area contributed by atoms with Gasteiger partial charge in [0.25, 0.3) is 0 Å². The third-order valence-electron chi connectivity index (χ3n) is 6.72. The molecule has 0 radical (unpaired) electrons. The highest BCUT2D eigenvalue weighted by atomic mass is 35.5. The fourth-order valence-electron chi connectivity index (χ4n) is 4.78. The molecule has 0 aliphatic carbocycles. The Hall–Kier alpha value is -3.19. The molecule has 1 fully saturated rings. The van der Waals surface area contributed by atoms with Crippen molar-refractivity contribution in [1.82, 2.24) is 15.1 Å². The van der Waals surface area contributed by atoms with Gasteiger partial charge in [0.1, 0.15) is 23.4 Å². The van der Waals surface area contributed by atoms with E-state index in [4.69, 9.17) is 9.84 Å². The molecule has 0 bridgehead atoms. The highest BCUT2D eigenvalue weighted by molar-refractivity contribution is 5.85. The Kier molecular flexibility index (Phi) is 9.49. The largest absolute Gasteiger partial charge is 0.508 e. The molecule has 0 spiro atoms. The molecular weight excluding hydrogens is 509 g/mol. The van der Waals surface area contributed by atoms with Crippen molar-refractivity contribution in [3.8, 4) is 45.5 Å². The Morgan fingerprint density at radius 2 is 1.46 bits per heavy atom. The number of rotatable bonds is 6. The molecule has 2 atom stereocenters. The summed E-state index contributed by atoms with van der Waals surface area (Å²) in [7, 11) is 0. The molecule has 196 valence electrons. The first-order valence-electron chi connectivity index (χ1n) is 12.2. The van der Waals surface area contributed by atoms with Crippen LogP contribution in [0.3, 0.4) is 0 Å². The Labute approximate surface area is 230 Å². The topological polar surface area (TPSA) is 79.5 Å². The predicted octanol–water partition coefficient (Wildman–Crippen LogP) is 6.68. The maximum Gasteiger partial charge on any atom is 0.119 e. The lowest BCUT2D eigenvalue weighted by atomic mass is 10.0. The Bertz CT molecular complexity index is 1280. The number of phenols is 2. The molecule has 3 aromatic carbocycles. The van der Waals surface area contributed by atoms with Gasteiger partial charge < -0.3 is 20.3 Å². The highest BCUT2D eigenvalue weighted by Gasteiger charge is 2.22. The standard InChI is InChI=1S/C29H31N3O3.2ClH/c1-19-28(21-6-12-24(33)13-7-21)31-32(23-10-14-25(34)15-11-23)29(19)22-8-16-26(17-9-22)35-20(2)27-5-3-4-18-30-27;;/h6-17,20,27,30,33-34H,3-5,18H2,1-2H3;2*1H. The zero-order valence-electron chi connectivity index (χ0n) is 20.9. The lowest BCUT2D eigenvalue weighted by molar-refractivity contribution is 0.152. The average Bonchev–Trinajstić information content (AvgIpc) is 3.23. The molecule has 37 heavy (non-hydrogen) atoms. The van der Waals surface area contributed by atoms with Gasteiger partial charge in [-0.2, -0.15) is 5.10 Å². The summed E-state index contributed by atoms with van der Waals surface area (Å²) < 4.78 is 8.16. The quantitative estimate of drug-likeness (QED) is 0.253. The Balaban J connectivity index is 0.00000190. The van der Waals surface area contributed by atoms with Crippen molar-refractivity contribution in [3.05, 3.63) is 78.4 Å². The summed E-state index contributed by atoms with van der Waals surface area (Å²) in [6, 6.07) is 22.6. The molecule has 3 N–H and O–H groups in total. The number of aromatic nitrogens is 2. The van der Waals surface area contributed by atoms with Crippen molar-refractivity contribution in [2.75, 3.05) is 6.54 Å². The number of halogens is 2. The average molecular weight is 543 g/mol. The van der Waals surface area contributed by atoms with Gasteiger partial charge >= 0.3 is 0 Å². The summed E-state index contributed by atoms with van der Waals surface area (Å²) in [4.78, 5) is 0. The third-order valence-corrected chi connectivity index (χ3v) is 6.72. The minimum absolute atomic E-state index is 0. The zero-order valence-corrected chi connectivity index (χ0v) is 22.6. The first kappa shape index (κ1) is 28.4. The Morgan fingerprint density at radius 3 is 2.05 bits per heavy atom. The van der Waals surface area contributed by atoms with E-state index in [-0.39, 0.29) is 42.4 Å². The molecule has 0 saturated carbocycles. The van der Waals surface area contributed by atoms with Crippen LogP contribution in [-0.4, -0.2) is 38.7 Å². The van der Waals surface area contributed by atoms with Crippen LogP contribution in [0.15, 0.2) is 72.8 Å². The van der Waals surface area contributed by atoms with Crippen molar-refractivity contribution in [3.63, 3.8) is 0 Å². The van der Waals surface area contributed by atoms with E-state index in [0.29, 0.717) is 6.04 Å². The van der Waals surface area contributed by atoms with Gasteiger partial charge in [-0.25, -0.2) is 4.68 Å². The van der Waals surface area contributed by atoms with Crippen LogP contribution in [0.5, 0.6) is 17.2 Å². The summed E-state index contributed by atoms with van der Waals surface area (Å²) in [5, 5.41) is 28.0. The van der Waals surface area contributed by atoms with Gasteiger partial charge in [-0.05, 0) is 106 Å². The minimum Gasteiger partial charge on any atom is -0.508 e. The number of benzene rings is 3. The predicted molar refractivity (Wildman–Crippen MR) is 153 cm³/mol. The fraction of sp³-hybridized carbons (Fsp3) is 0.276.